The lowest BCUT2D eigenvalue weighted by molar-refractivity contribution is 0.706. The fraction of sp³-hybridized carbons (Fsp3) is 0.462. The first-order chi connectivity index (χ1) is 14.7. The zero-order valence-electron chi connectivity index (χ0n) is 18.1. The molecule has 0 aliphatic heterocycles. The second-order valence-electron chi connectivity index (χ2n) is 7.86. The van der Waals surface area contributed by atoms with Crippen LogP contribution in [0.4, 0.5) is 0 Å². The average molecular weight is 568 g/mol. The summed E-state index contributed by atoms with van der Waals surface area (Å²) in [5, 5.41) is 0. The number of hydrogen-bond donors (Lipinski definition) is 0. The minimum atomic E-state index is 1.16. The molecule has 0 saturated heterocycles. The van der Waals surface area contributed by atoms with Crippen molar-refractivity contribution in [3.8, 4) is 11.1 Å². The van der Waals surface area contributed by atoms with Crippen molar-refractivity contribution < 1.29 is 0 Å². The van der Waals surface area contributed by atoms with Crippen LogP contribution in [-0.4, -0.2) is 11.5 Å². The van der Waals surface area contributed by atoms with Crippen LogP contribution in [0.15, 0.2) is 49.6 Å². The van der Waals surface area contributed by atoms with E-state index in [-0.39, 0.29) is 0 Å². The van der Waals surface area contributed by atoms with E-state index in [0.717, 1.165) is 8.95 Å². The molecule has 0 fully saturated rings. The summed E-state index contributed by atoms with van der Waals surface area (Å²) in [6.45, 7) is 4.57. The van der Waals surface area contributed by atoms with E-state index in [9.17, 15) is 0 Å². The Hall–Kier alpha value is -0.160. The Bertz CT molecular complexity index is 804. The molecule has 0 N–H and O–H groups in total. The van der Waals surface area contributed by atoms with E-state index in [1.165, 1.54) is 94.9 Å². The molecule has 0 amide bonds. The quantitative estimate of drug-likeness (QED) is 0.199. The summed E-state index contributed by atoms with van der Waals surface area (Å²) in [6.07, 6.45) is 10.6. The van der Waals surface area contributed by atoms with Crippen molar-refractivity contribution >= 4 is 61.0 Å². The van der Waals surface area contributed by atoms with Gasteiger partial charge in [0.15, 0.2) is 0 Å². The highest BCUT2D eigenvalue weighted by Gasteiger charge is 2.27. The summed E-state index contributed by atoms with van der Waals surface area (Å²) in [5.41, 5.74) is 6.95. The standard InChI is InChI=1S/C26H32Br2S2/c1-3-5-7-9-15-29-26(30-16-10-8-6-4-2)25-23-17-19(27)11-13-21(23)22-14-12-20(28)18-24(22)25/h11-14,17-18H,3-10,15-16H2,1-2H3. The number of halogens is 2. The van der Waals surface area contributed by atoms with Crippen LogP contribution in [0.3, 0.4) is 0 Å². The molecule has 0 radical (unpaired) electrons. The van der Waals surface area contributed by atoms with E-state index in [1.54, 1.807) is 0 Å². The maximum absolute atomic E-state index is 3.72. The largest absolute Gasteiger partial charge is 0.119 e. The fourth-order valence-corrected chi connectivity index (χ4v) is 7.21. The van der Waals surface area contributed by atoms with Crippen LogP contribution in [0.2, 0.25) is 0 Å². The number of thioether (sulfide) groups is 2. The third kappa shape index (κ3) is 6.43. The van der Waals surface area contributed by atoms with Gasteiger partial charge in [-0.15, -0.1) is 23.5 Å². The lowest BCUT2D eigenvalue weighted by atomic mass is 10.1. The molecule has 0 atom stereocenters. The fourth-order valence-electron chi connectivity index (χ4n) is 3.85. The van der Waals surface area contributed by atoms with Crippen molar-refractivity contribution in [3.63, 3.8) is 0 Å². The maximum atomic E-state index is 3.72. The topological polar surface area (TPSA) is 0 Å². The van der Waals surface area contributed by atoms with Gasteiger partial charge in [-0.05, 0) is 70.9 Å². The lowest BCUT2D eigenvalue weighted by Crippen LogP contribution is -1.91. The highest BCUT2D eigenvalue weighted by atomic mass is 79.9. The van der Waals surface area contributed by atoms with Crippen LogP contribution in [0.1, 0.15) is 76.3 Å². The second kappa shape index (κ2) is 12.8. The molecule has 3 rings (SSSR count). The molecule has 1 aliphatic carbocycles. The Morgan fingerprint density at radius 1 is 0.633 bits per heavy atom. The summed E-state index contributed by atoms with van der Waals surface area (Å²) in [5.74, 6) is 2.43. The molecule has 0 heterocycles. The van der Waals surface area contributed by atoms with E-state index in [4.69, 9.17) is 0 Å². The molecule has 162 valence electrons. The molecular formula is C26H32Br2S2. The van der Waals surface area contributed by atoms with Crippen LogP contribution >= 0.6 is 55.4 Å². The molecule has 1 aliphatic rings. The SMILES string of the molecule is CCCCCCSC(SCCCCCC)=C1c2cc(Br)ccc2-c2ccc(Br)cc21. The summed E-state index contributed by atoms with van der Waals surface area (Å²) >= 11 is 11.6. The molecular weight excluding hydrogens is 536 g/mol. The number of hydrogen-bond acceptors (Lipinski definition) is 2. The molecule has 0 unspecified atom stereocenters. The molecule has 0 bridgehead atoms. The number of fused-ring (bicyclic) bond motifs is 3. The van der Waals surface area contributed by atoms with Crippen LogP contribution in [0.5, 0.6) is 0 Å². The minimum absolute atomic E-state index is 1.16. The highest BCUT2D eigenvalue weighted by Crippen LogP contribution is 2.51. The van der Waals surface area contributed by atoms with Gasteiger partial charge in [-0.3, -0.25) is 0 Å². The highest BCUT2D eigenvalue weighted by molar-refractivity contribution is 9.10. The molecule has 30 heavy (non-hydrogen) atoms. The van der Waals surface area contributed by atoms with Crippen molar-refractivity contribution in [2.45, 2.75) is 65.2 Å². The van der Waals surface area contributed by atoms with Gasteiger partial charge in [0.2, 0.25) is 0 Å². The predicted octanol–water partition coefficient (Wildman–Crippen LogP) is 10.5. The van der Waals surface area contributed by atoms with Gasteiger partial charge in [-0.1, -0.05) is 96.4 Å². The Labute approximate surface area is 208 Å². The molecule has 0 spiro atoms. The van der Waals surface area contributed by atoms with Gasteiger partial charge in [0.05, 0.1) is 0 Å². The summed E-state index contributed by atoms with van der Waals surface area (Å²) in [6, 6.07) is 13.5. The lowest BCUT2D eigenvalue weighted by Gasteiger charge is -2.14. The van der Waals surface area contributed by atoms with Gasteiger partial charge in [0.1, 0.15) is 0 Å². The van der Waals surface area contributed by atoms with Gasteiger partial charge >= 0.3 is 0 Å². The van der Waals surface area contributed by atoms with E-state index in [2.05, 4.69) is 106 Å². The summed E-state index contributed by atoms with van der Waals surface area (Å²) in [4.78, 5) is 0. The number of unbranched alkanes of at least 4 members (excludes halogenated alkanes) is 6. The molecule has 0 nitrogen and oxygen atoms in total. The van der Waals surface area contributed by atoms with Gasteiger partial charge < -0.3 is 0 Å². The first-order valence-electron chi connectivity index (χ1n) is 11.3. The number of benzene rings is 2. The van der Waals surface area contributed by atoms with Crippen LogP contribution in [0.25, 0.3) is 16.7 Å². The van der Waals surface area contributed by atoms with E-state index < -0.39 is 0 Å². The zero-order chi connectivity index (χ0) is 21.3. The van der Waals surface area contributed by atoms with Crippen LogP contribution in [0, 0.1) is 0 Å². The van der Waals surface area contributed by atoms with E-state index >= 15 is 0 Å². The first-order valence-corrected chi connectivity index (χ1v) is 14.8. The van der Waals surface area contributed by atoms with Crippen molar-refractivity contribution in [3.05, 3.63) is 60.7 Å². The normalized spacial score (nSPS) is 12.2. The zero-order valence-corrected chi connectivity index (χ0v) is 22.9. The summed E-state index contributed by atoms with van der Waals surface area (Å²) in [7, 11) is 0. The Morgan fingerprint density at radius 3 is 1.53 bits per heavy atom. The molecule has 2 aromatic carbocycles. The molecule has 0 saturated carbocycles. The summed E-state index contributed by atoms with van der Waals surface area (Å²) < 4.78 is 3.83. The van der Waals surface area contributed by atoms with Crippen molar-refractivity contribution in [1.29, 1.82) is 0 Å². The van der Waals surface area contributed by atoms with Gasteiger partial charge in [0, 0.05) is 18.8 Å². The van der Waals surface area contributed by atoms with Gasteiger partial charge in [0.25, 0.3) is 0 Å². The van der Waals surface area contributed by atoms with Crippen molar-refractivity contribution in [2.24, 2.45) is 0 Å². The molecule has 4 heteroatoms. The third-order valence-corrected chi connectivity index (χ3v) is 9.07. The monoisotopic (exact) mass is 566 g/mol. The Morgan fingerprint density at radius 2 is 1.10 bits per heavy atom. The Kier molecular flexibility index (Phi) is 10.4. The maximum Gasteiger partial charge on any atom is 0.0486 e. The molecule has 2 aromatic rings. The number of rotatable bonds is 12. The van der Waals surface area contributed by atoms with Gasteiger partial charge in [-0.25, -0.2) is 0 Å². The first kappa shape index (κ1) is 24.5. The van der Waals surface area contributed by atoms with Gasteiger partial charge in [-0.2, -0.15) is 0 Å². The Balaban J connectivity index is 1.93. The van der Waals surface area contributed by atoms with Crippen molar-refractivity contribution in [2.75, 3.05) is 11.5 Å². The van der Waals surface area contributed by atoms with E-state index in [1.807, 2.05) is 0 Å². The average Bonchev–Trinajstić information content (AvgIpc) is 3.04. The minimum Gasteiger partial charge on any atom is -0.119 e. The van der Waals surface area contributed by atoms with Crippen LogP contribution in [-0.2, 0) is 0 Å². The van der Waals surface area contributed by atoms with E-state index in [0.29, 0.717) is 0 Å². The molecule has 0 aromatic heterocycles. The second-order valence-corrected chi connectivity index (χ2v) is 12.2. The predicted molar refractivity (Wildman–Crippen MR) is 146 cm³/mol. The smallest absolute Gasteiger partial charge is 0.0486 e. The third-order valence-electron chi connectivity index (χ3n) is 5.46. The van der Waals surface area contributed by atoms with Crippen molar-refractivity contribution in [1.82, 2.24) is 0 Å². The van der Waals surface area contributed by atoms with Crippen LogP contribution < -0.4 is 0 Å².